The molecule has 90 valence electrons. The number of carbonyl (C=O) groups excluding carboxylic acids is 2. The highest BCUT2D eigenvalue weighted by Gasteiger charge is 2.19. The van der Waals surface area contributed by atoms with Crippen LogP contribution in [-0.4, -0.2) is 25.0 Å². The Labute approximate surface area is 98.9 Å². The molecule has 5 heteroatoms. The highest BCUT2D eigenvalue weighted by molar-refractivity contribution is 5.99. The number of nitrogens with two attached hydrogens (primary N) is 1. The van der Waals surface area contributed by atoms with Crippen molar-refractivity contribution < 1.29 is 14.3 Å². The maximum atomic E-state index is 11.2. The minimum atomic E-state index is -0.664. The minimum absolute atomic E-state index is 0.00517. The summed E-state index contributed by atoms with van der Waals surface area (Å²) in [7, 11) is 1.31. The van der Waals surface area contributed by atoms with E-state index in [4.69, 9.17) is 5.73 Å². The highest BCUT2D eigenvalue weighted by atomic mass is 16.5. The fourth-order valence-electron chi connectivity index (χ4n) is 1.90. The van der Waals surface area contributed by atoms with Crippen molar-refractivity contribution in [1.29, 1.82) is 0 Å². The van der Waals surface area contributed by atoms with E-state index in [2.05, 4.69) is 10.1 Å². The molecule has 0 fully saturated rings. The van der Waals surface area contributed by atoms with Crippen molar-refractivity contribution in [3.8, 4) is 0 Å². The number of benzene rings is 1. The van der Waals surface area contributed by atoms with Crippen LogP contribution >= 0.6 is 0 Å². The molecule has 0 unspecified atom stereocenters. The van der Waals surface area contributed by atoms with Gasteiger partial charge in [0.1, 0.15) is 6.04 Å². The molecule has 2 rings (SSSR count). The Kier molecular flexibility index (Phi) is 3.10. The smallest absolute Gasteiger partial charge is 0.322 e. The van der Waals surface area contributed by atoms with Crippen LogP contribution in [-0.2, 0) is 27.2 Å². The average molecular weight is 234 g/mol. The molecule has 0 saturated heterocycles. The molecule has 1 aliphatic heterocycles. The van der Waals surface area contributed by atoms with Crippen LogP contribution in [0.4, 0.5) is 5.69 Å². The molecule has 3 N–H and O–H groups in total. The van der Waals surface area contributed by atoms with Crippen molar-refractivity contribution in [1.82, 2.24) is 0 Å². The number of ether oxygens (including phenoxy) is 1. The number of rotatable bonds is 3. The maximum Gasteiger partial charge on any atom is 0.322 e. The highest BCUT2D eigenvalue weighted by Crippen LogP contribution is 2.24. The van der Waals surface area contributed by atoms with Gasteiger partial charge in [0.25, 0.3) is 0 Å². The Balaban J connectivity index is 2.11. The van der Waals surface area contributed by atoms with Crippen molar-refractivity contribution in [2.75, 3.05) is 12.4 Å². The van der Waals surface area contributed by atoms with E-state index in [0.29, 0.717) is 12.8 Å². The number of methoxy groups -OCH3 is 1. The van der Waals surface area contributed by atoms with Gasteiger partial charge in [-0.25, -0.2) is 0 Å². The van der Waals surface area contributed by atoms with Gasteiger partial charge in [-0.3, -0.25) is 9.59 Å². The van der Waals surface area contributed by atoms with E-state index in [1.165, 1.54) is 7.11 Å². The Morgan fingerprint density at radius 3 is 3.06 bits per heavy atom. The fourth-order valence-corrected chi connectivity index (χ4v) is 1.90. The summed E-state index contributed by atoms with van der Waals surface area (Å²) in [6, 6.07) is 4.92. The summed E-state index contributed by atoms with van der Waals surface area (Å²) in [6.07, 6.45) is 0.796. The van der Waals surface area contributed by atoms with Crippen molar-refractivity contribution >= 4 is 17.6 Å². The van der Waals surface area contributed by atoms with E-state index < -0.39 is 12.0 Å². The van der Waals surface area contributed by atoms with Crippen LogP contribution in [0.5, 0.6) is 0 Å². The number of carbonyl (C=O) groups is 2. The molecule has 1 aliphatic rings. The molecule has 0 aliphatic carbocycles. The second kappa shape index (κ2) is 4.55. The van der Waals surface area contributed by atoms with E-state index in [9.17, 15) is 9.59 Å². The second-order valence-corrected chi connectivity index (χ2v) is 4.05. The zero-order valence-corrected chi connectivity index (χ0v) is 9.53. The van der Waals surface area contributed by atoms with Crippen LogP contribution < -0.4 is 11.1 Å². The molecule has 1 aromatic carbocycles. The molecule has 0 spiro atoms. The maximum absolute atomic E-state index is 11.2. The van der Waals surface area contributed by atoms with Crippen LogP contribution in [0.1, 0.15) is 11.1 Å². The molecule has 1 heterocycles. The fraction of sp³-hybridized carbons (Fsp3) is 0.333. The number of esters is 1. The van der Waals surface area contributed by atoms with Gasteiger partial charge in [0.05, 0.1) is 13.5 Å². The van der Waals surface area contributed by atoms with Gasteiger partial charge < -0.3 is 15.8 Å². The number of amides is 1. The Bertz CT molecular complexity index is 471. The van der Waals surface area contributed by atoms with Crippen molar-refractivity contribution in [3.63, 3.8) is 0 Å². The summed E-state index contributed by atoms with van der Waals surface area (Å²) >= 11 is 0. The van der Waals surface area contributed by atoms with Gasteiger partial charge in [-0.2, -0.15) is 0 Å². The number of nitrogens with one attached hydrogen (secondary N) is 1. The number of fused-ring (bicyclic) bond motifs is 1. The molecule has 5 nitrogen and oxygen atoms in total. The number of hydrogen-bond acceptors (Lipinski definition) is 4. The predicted octanol–water partition coefficient (Wildman–Crippen LogP) is 0.224. The van der Waals surface area contributed by atoms with E-state index in [-0.39, 0.29) is 5.91 Å². The first-order valence-corrected chi connectivity index (χ1v) is 5.35. The first-order valence-electron chi connectivity index (χ1n) is 5.35. The lowest BCUT2D eigenvalue weighted by molar-refractivity contribution is -0.142. The summed E-state index contributed by atoms with van der Waals surface area (Å²) in [5.74, 6) is -0.436. The first kappa shape index (κ1) is 11.6. The lowest BCUT2D eigenvalue weighted by Gasteiger charge is -2.10. The van der Waals surface area contributed by atoms with E-state index in [0.717, 1.165) is 16.8 Å². The number of anilines is 1. The normalized spacial score (nSPS) is 15.1. The Morgan fingerprint density at radius 1 is 1.59 bits per heavy atom. The molecule has 17 heavy (non-hydrogen) atoms. The molecule has 0 bridgehead atoms. The van der Waals surface area contributed by atoms with Crippen LogP contribution in [0.15, 0.2) is 18.2 Å². The third-order valence-electron chi connectivity index (χ3n) is 2.75. The summed E-state index contributed by atoms with van der Waals surface area (Å²) in [4.78, 5) is 22.4. The average Bonchev–Trinajstić information content (AvgIpc) is 2.67. The van der Waals surface area contributed by atoms with Crippen LogP contribution in [0.25, 0.3) is 0 Å². The van der Waals surface area contributed by atoms with E-state index in [1.54, 1.807) is 0 Å². The van der Waals surface area contributed by atoms with Gasteiger partial charge in [0.15, 0.2) is 0 Å². The third-order valence-corrected chi connectivity index (χ3v) is 2.75. The topological polar surface area (TPSA) is 81.4 Å². The molecular formula is C12H14N2O3. The van der Waals surface area contributed by atoms with E-state index >= 15 is 0 Å². The van der Waals surface area contributed by atoms with Crippen molar-refractivity contribution in [3.05, 3.63) is 29.3 Å². The summed E-state index contributed by atoms with van der Waals surface area (Å²) in [5.41, 5.74) is 8.39. The standard InChI is InChI=1S/C12H14N2O3/c1-17-12(16)9(13)5-7-2-3-10-8(4-7)6-11(15)14-10/h2-4,9H,5-6,13H2,1H3,(H,14,15)/t9-/m1/s1. The lowest BCUT2D eigenvalue weighted by Crippen LogP contribution is -2.33. The molecule has 1 atom stereocenters. The first-order chi connectivity index (χ1) is 8.10. The molecule has 1 amide bonds. The third kappa shape index (κ3) is 2.45. The van der Waals surface area contributed by atoms with Gasteiger partial charge in [-0.15, -0.1) is 0 Å². The predicted molar refractivity (Wildman–Crippen MR) is 62.5 cm³/mol. The Hall–Kier alpha value is -1.88. The second-order valence-electron chi connectivity index (χ2n) is 4.05. The zero-order valence-electron chi connectivity index (χ0n) is 9.53. The molecule has 0 aromatic heterocycles. The van der Waals surface area contributed by atoms with Gasteiger partial charge in [0.2, 0.25) is 5.91 Å². The van der Waals surface area contributed by atoms with E-state index in [1.807, 2.05) is 18.2 Å². The van der Waals surface area contributed by atoms with Gasteiger partial charge in [-0.1, -0.05) is 12.1 Å². The zero-order chi connectivity index (χ0) is 12.4. The summed E-state index contributed by atoms with van der Waals surface area (Å²) in [5, 5.41) is 2.75. The van der Waals surface area contributed by atoms with Gasteiger partial charge in [0, 0.05) is 5.69 Å². The molecule has 0 saturated carbocycles. The number of hydrogen-bond donors (Lipinski definition) is 2. The summed E-state index contributed by atoms with van der Waals surface area (Å²) < 4.78 is 4.56. The summed E-state index contributed by atoms with van der Waals surface area (Å²) in [6.45, 7) is 0. The molecule has 0 radical (unpaired) electrons. The Morgan fingerprint density at radius 2 is 2.35 bits per heavy atom. The quantitative estimate of drug-likeness (QED) is 0.733. The van der Waals surface area contributed by atoms with Gasteiger partial charge >= 0.3 is 5.97 Å². The monoisotopic (exact) mass is 234 g/mol. The van der Waals surface area contributed by atoms with Crippen LogP contribution in [0.3, 0.4) is 0 Å². The van der Waals surface area contributed by atoms with Crippen LogP contribution in [0.2, 0.25) is 0 Å². The van der Waals surface area contributed by atoms with Crippen molar-refractivity contribution in [2.24, 2.45) is 5.73 Å². The van der Waals surface area contributed by atoms with Crippen molar-refractivity contribution in [2.45, 2.75) is 18.9 Å². The largest absolute Gasteiger partial charge is 0.468 e. The lowest BCUT2D eigenvalue weighted by atomic mass is 10.0. The minimum Gasteiger partial charge on any atom is -0.468 e. The van der Waals surface area contributed by atoms with Crippen LogP contribution in [0, 0.1) is 0 Å². The molecule has 1 aromatic rings. The molecular weight excluding hydrogens is 220 g/mol. The SMILES string of the molecule is COC(=O)[C@H](N)Cc1ccc2c(c1)CC(=O)N2. The van der Waals surface area contributed by atoms with Gasteiger partial charge in [-0.05, 0) is 23.6 Å².